The van der Waals surface area contributed by atoms with Crippen molar-refractivity contribution in [1.29, 1.82) is 0 Å². The summed E-state index contributed by atoms with van der Waals surface area (Å²) in [6.45, 7) is 17.5. The first-order chi connectivity index (χ1) is 58.1. The van der Waals surface area contributed by atoms with E-state index in [2.05, 4.69) is 95.0 Å². The van der Waals surface area contributed by atoms with E-state index < -0.39 is 223 Å². The summed E-state index contributed by atoms with van der Waals surface area (Å²) in [6.07, 6.45) is 4.76. The number of aromatic amines is 1. The molecule has 1 heterocycles. The van der Waals surface area contributed by atoms with E-state index >= 15 is 0 Å². The van der Waals surface area contributed by atoms with Crippen molar-refractivity contribution >= 4 is 100 Å². The van der Waals surface area contributed by atoms with Gasteiger partial charge in [0.05, 0.1) is 32.1 Å². The molecule has 692 valence electrons. The summed E-state index contributed by atoms with van der Waals surface area (Å²) in [5.74, 6) is -15.6. The number of nitrogens with two attached hydrogens (primary N) is 5. The maximum absolute atomic E-state index is 14.4. The maximum atomic E-state index is 14.4. The van der Waals surface area contributed by atoms with Crippen molar-refractivity contribution in [2.24, 2.45) is 52.3 Å². The van der Waals surface area contributed by atoms with Crippen LogP contribution >= 0.6 is 0 Å². The minimum Gasteiger partial charge on any atom is -0.394 e. The number of amides is 17. The number of hydrogen-bond donors (Lipinski definition) is 24. The number of rotatable bonds is 61. The monoisotopic (exact) mass is 1740 g/mol. The summed E-state index contributed by atoms with van der Waals surface area (Å²) >= 11 is 0. The fraction of sp³-hybridized carbons (Fsp3) is 0.679. The molecular weight excluding hydrogens is 1600 g/mol. The maximum Gasteiger partial charge on any atom is 0.245 e. The lowest BCUT2D eigenvalue weighted by Gasteiger charge is -2.30. The molecule has 0 spiro atoms. The minimum atomic E-state index is -1.84. The first kappa shape index (κ1) is 108. The Balaban J connectivity index is 2.30. The summed E-state index contributed by atoms with van der Waals surface area (Å²) in [5, 5.41) is 62.1. The molecule has 2 rings (SSSR count). The third kappa shape index (κ3) is 41.7. The molecule has 42 nitrogen and oxygen atoms in total. The van der Waals surface area contributed by atoms with Crippen LogP contribution in [0.1, 0.15) is 191 Å². The highest BCUT2D eigenvalue weighted by atomic mass is 16.3. The first-order valence-corrected chi connectivity index (χ1v) is 42.3. The normalized spacial score (nSPS) is 15.2. The van der Waals surface area contributed by atoms with E-state index in [1.54, 1.807) is 58.0 Å². The van der Waals surface area contributed by atoms with Crippen molar-refractivity contribution < 1.29 is 91.7 Å². The Morgan fingerprint density at radius 1 is 0.398 bits per heavy atom. The molecule has 16 atom stereocenters. The third-order valence-electron chi connectivity index (χ3n) is 19.9. The number of H-pyrrole nitrogens is 1. The van der Waals surface area contributed by atoms with Crippen LogP contribution in [0.15, 0.2) is 42.9 Å². The number of imidazole rings is 1. The van der Waals surface area contributed by atoms with Crippen LogP contribution in [0.4, 0.5) is 0 Å². The summed E-state index contributed by atoms with van der Waals surface area (Å²) in [7, 11) is 0. The predicted molar refractivity (Wildman–Crippen MR) is 455 cm³/mol. The molecule has 17 amide bonds. The zero-order chi connectivity index (χ0) is 92.6. The SMILES string of the molecule is CC[C@H](C)[C@H](NC(=O)[C@H](CCCCN)NC(=O)[C@@H](NC(=O)[C@H](CCCCN)NC(=O)[C@H](CCCCN)NC(=O)CNC(=O)[C@H](CO)NC(=O)[C@H](C)NC(=O)[C@@H](NC(=O)[C@H](Cc1cnc[nH]1)NC(=O)[C@H](Cc1ccccc1)NC(=O)CNC(=O)[C@H](CC(C)C)NC(=O)[C@H](CC(C)C)NC(C)=O)[C@@H](C)O)C(C)C)C(=O)N[C@@H](C)C(=O)N[C@@H](CCCCN)C(N)=O. The number of primary amides is 1. The molecular formula is C81H139N23O19. The van der Waals surface area contributed by atoms with Crippen LogP contribution in [0.3, 0.4) is 0 Å². The molecule has 29 N–H and O–H groups in total. The van der Waals surface area contributed by atoms with Crippen LogP contribution in [0, 0.1) is 23.7 Å². The fourth-order valence-electron chi connectivity index (χ4n) is 12.7. The summed E-state index contributed by atoms with van der Waals surface area (Å²) in [4.78, 5) is 240. The highest BCUT2D eigenvalue weighted by Crippen LogP contribution is 2.16. The van der Waals surface area contributed by atoms with E-state index in [0.717, 1.165) is 6.92 Å². The number of aliphatic hydroxyl groups excluding tert-OH is 2. The number of carbonyl (C=O) groups is 17. The molecule has 1 aromatic carbocycles. The van der Waals surface area contributed by atoms with Gasteiger partial charge in [0.25, 0.3) is 0 Å². The van der Waals surface area contributed by atoms with Crippen LogP contribution in [0.5, 0.6) is 0 Å². The topological polar surface area (TPSA) is 682 Å². The van der Waals surface area contributed by atoms with Crippen molar-refractivity contribution in [1.82, 2.24) is 95.0 Å². The van der Waals surface area contributed by atoms with Crippen molar-refractivity contribution in [3.05, 3.63) is 54.1 Å². The van der Waals surface area contributed by atoms with E-state index in [1.807, 2.05) is 27.7 Å². The summed E-state index contributed by atoms with van der Waals surface area (Å²) < 4.78 is 0. The number of aromatic nitrogens is 2. The average molecular weight is 1740 g/mol. The molecule has 0 radical (unpaired) electrons. The second-order valence-electron chi connectivity index (χ2n) is 32.0. The molecule has 0 saturated carbocycles. The van der Waals surface area contributed by atoms with Gasteiger partial charge in [0.1, 0.15) is 84.6 Å². The third-order valence-corrected chi connectivity index (χ3v) is 19.9. The quantitative estimate of drug-likeness (QED) is 0.0275. The molecule has 42 heteroatoms. The van der Waals surface area contributed by atoms with E-state index in [-0.39, 0.29) is 89.3 Å². The van der Waals surface area contributed by atoms with Crippen LogP contribution in [-0.4, -0.2) is 257 Å². The second-order valence-corrected chi connectivity index (χ2v) is 32.0. The molecule has 123 heavy (non-hydrogen) atoms. The summed E-state index contributed by atoms with van der Waals surface area (Å²) in [5.41, 5.74) is 29.4. The lowest BCUT2D eigenvalue weighted by Crippen LogP contribution is -2.61. The second kappa shape index (κ2) is 58.3. The molecule has 0 aliphatic rings. The number of carbonyl (C=O) groups excluding carboxylic acids is 17. The molecule has 0 aliphatic heterocycles. The Kier molecular flexibility index (Phi) is 51.3. The predicted octanol–water partition coefficient (Wildman–Crippen LogP) is -5.56. The van der Waals surface area contributed by atoms with Gasteiger partial charge in [0, 0.05) is 31.7 Å². The van der Waals surface area contributed by atoms with Crippen LogP contribution in [0.2, 0.25) is 0 Å². The van der Waals surface area contributed by atoms with E-state index in [9.17, 15) is 91.7 Å². The molecule has 0 fully saturated rings. The zero-order valence-corrected chi connectivity index (χ0v) is 73.2. The van der Waals surface area contributed by atoms with Gasteiger partial charge in [0.15, 0.2) is 0 Å². The molecule has 0 aliphatic carbocycles. The van der Waals surface area contributed by atoms with Crippen LogP contribution in [0.25, 0.3) is 0 Å². The van der Waals surface area contributed by atoms with Gasteiger partial charge >= 0.3 is 0 Å². The number of unbranched alkanes of at least 4 members (excludes halogenated alkanes) is 4. The largest absolute Gasteiger partial charge is 0.394 e. The minimum absolute atomic E-state index is 0.000793. The van der Waals surface area contributed by atoms with Gasteiger partial charge in [0.2, 0.25) is 100 Å². The molecule has 1 aromatic heterocycles. The average Bonchev–Trinajstić information content (AvgIpc) is 1.37. The number of benzene rings is 1. The Morgan fingerprint density at radius 2 is 0.764 bits per heavy atom. The molecule has 2 aromatic rings. The zero-order valence-electron chi connectivity index (χ0n) is 73.2. The number of hydrogen-bond acceptors (Lipinski definition) is 24. The van der Waals surface area contributed by atoms with Gasteiger partial charge in [-0.1, -0.05) is 92.1 Å². The highest BCUT2D eigenvalue weighted by Gasteiger charge is 2.39. The highest BCUT2D eigenvalue weighted by molar-refractivity contribution is 6.01. The standard InChI is InChI=1S/C81H139N23O19/c1-13-47(8)66(80(122)91-48(9)69(111)96-54(68(86)110)27-17-21-31-82)103-75(117)57(30-20-24-34-85)98-79(121)65(46(6)7)102-74(116)56(29-19-23-33-84)97-73(115)55(28-18-22-32-83)94-63(108)40-89-72(114)62(42-105)101-70(112)49(10)92-81(123)67(50(11)106)104-78(120)61(38-53-39-87-43-90-53)100-77(119)60(37-52-25-15-14-16-26-52)95-64(109)41-88-71(113)58(35-44(2)3)99-76(118)59(36-45(4)5)93-51(12)107/h14-16,25-26,39,43-50,54-62,65-67,105-106H,13,17-24,27-38,40-42,82-85H2,1-12H3,(H2,86,110)(H,87,90)(H,88,113)(H,89,114)(H,91,122)(H,92,123)(H,93,107)(H,94,108)(H,95,109)(H,96,111)(H,97,115)(H,98,121)(H,99,118)(H,100,119)(H,101,112)(H,102,116)(H,103,117)(H,104,120)/t47-,48-,49-,50+,54-,55-,56-,57-,58-,59-,60-,61-,62-,65-,66-,67-/m0/s1. The molecule has 0 saturated heterocycles. The number of nitrogens with zero attached hydrogens (tertiary/aromatic N) is 1. The number of aliphatic hydroxyl groups is 2. The van der Waals surface area contributed by atoms with E-state index in [4.69, 9.17) is 28.7 Å². The van der Waals surface area contributed by atoms with Gasteiger partial charge in [-0.25, -0.2) is 4.98 Å². The van der Waals surface area contributed by atoms with Gasteiger partial charge in [-0.15, -0.1) is 0 Å². The Hall–Kier alpha value is -10.8. The molecule has 0 bridgehead atoms. The lowest BCUT2D eigenvalue weighted by atomic mass is 9.96. The van der Waals surface area contributed by atoms with Crippen molar-refractivity contribution in [3.63, 3.8) is 0 Å². The smallest absolute Gasteiger partial charge is 0.245 e. The van der Waals surface area contributed by atoms with Gasteiger partial charge in [-0.2, -0.15) is 0 Å². The number of nitrogens with one attached hydrogen (secondary N) is 17. The Morgan fingerprint density at radius 3 is 1.20 bits per heavy atom. The lowest BCUT2D eigenvalue weighted by molar-refractivity contribution is -0.137. The van der Waals surface area contributed by atoms with E-state index in [1.165, 1.54) is 33.3 Å². The van der Waals surface area contributed by atoms with Gasteiger partial charge in [-0.3, -0.25) is 81.5 Å². The molecule has 0 unspecified atom stereocenters. The van der Waals surface area contributed by atoms with Crippen molar-refractivity contribution in [3.8, 4) is 0 Å². The van der Waals surface area contributed by atoms with Gasteiger partial charge < -0.3 is 129 Å². The summed E-state index contributed by atoms with van der Waals surface area (Å²) in [6, 6.07) is -10.6. The van der Waals surface area contributed by atoms with E-state index in [0.29, 0.717) is 69.2 Å². The van der Waals surface area contributed by atoms with Crippen LogP contribution < -0.4 is 114 Å². The van der Waals surface area contributed by atoms with Crippen molar-refractivity contribution in [2.45, 2.75) is 283 Å². The Labute approximate surface area is 719 Å². The first-order valence-electron chi connectivity index (χ1n) is 42.3. The van der Waals surface area contributed by atoms with Crippen LogP contribution in [-0.2, 0) is 94.3 Å². The van der Waals surface area contributed by atoms with Crippen molar-refractivity contribution in [2.75, 3.05) is 45.9 Å². The van der Waals surface area contributed by atoms with Gasteiger partial charge in [-0.05, 0) is 166 Å². The Bertz CT molecular complexity index is 3710. The fourth-order valence-corrected chi connectivity index (χ4v) is 12.7.